The number of piperazine rings is 1. The summed E-state index contributed by atoms with van der Waals surface area (Å²) in [5.74, 6) is 0.592. The van der Waals surface area contributed by atoms with Crippen molar-refractivity contribution in [1.29, 1.82) is 0 Å². The Morgan fingerprint density at radius 3 is 2.35 bits per heavy atom. The number of carbonyl (C=O) groups is 1. The number of fused-ring (bicyclic) bond motifs is 3. The number of aryl methyl sites for hydroxylation is 3. The molecule has 2 fully saturated rings. The molecule has 5 heterocycles. The first-order valence-corrected chi connectivity index (χ1v) is 23.0. The second-order valence-corrected chi connectivity index (χ2v) is 19.1. The molecule has 1 N–H and O–H groups in total. The molecule has 4 aromatic carbocycles. The van der Waals surface area contributed by atoms with Crippen molar-refractivity contribution in [2.24, 2.45) is 7.05 Å². The Balaban J connectivity index is 1.04. The summed E-state index contributed by atoms with van der Waals surface area (Å²) in [6.45, 7) is 9.78. The Bertz CT molecular complexity index is 2730. The van der Waals surface area contributed by atoms with Crippen LogP contribution in [0.4, 0.5) is 5.69 Å². The first kappa shape index (κ1) is 41.9. The van der Waals surface area contributed by atoms with Crippen LogP contribution in [0, 0.1) is 6.92 Å². The van der Waals surface area contributed by atoms with Crippen molar-refractivity contribution in [3.63, 3.8) is 0 Å². The number of quaternary nitrogens is 1. The van der Waals surface area contributed by atoms with Crippen LogP contribution in [0.5, 0.6) is 11.5 Å². The lowest BCUT2D eigenvalue weighted by molar-refractivity contribution is -0.948. The predicted molar refractivity (Wildman–Crippen MR) is 240 cm³/mol. The summed E-state index contributed by atoms with van der Waals surface area (Å²) >= 11 is 0. The van der Waals surface area contributed by atoms with Gasteiger partial charge in [0.2, 0.25) is 0 Å². The minimum Gasteiger partial charge on any atom is -0.493 e. The van der Waals surface area contributed by atoms with Gasteiger partial charge in [-0.2, -0.15) is 22.1 Å². The minimum absolute atomic E-state index is 0.216. The van der Waals surface area contributed by atoms with Crippen LogP contribution in [0.3, 0.4) is 0 Å². The van der Waals surface area contributed by atoms with Crippen molar-refractivity contribution in [3.05, 3.63) is 107 Å². The number of ether oxygens (including phenoxy) is 3. The molecule has 14 nitrogen and oxygen atoms in total. The highest BCUT2D eigenvalue weighted by Gasteiger charge is 2.38. The molecule has 62 heavy (non-hydrogen) atoms. The minimum atomic E-state index is -3.45. The summed E-state index contributed by atoms with van der Waals surface area (Å²) < 4.78 is 51.7. The molecule has 3 aliphatic rings. The van der Waals surface area contributed by atoms with Crippen molar-refractivity contribution < 1.29 is 37.0 Å². The number of nitrogens with zero attached hydrogens (tertiary/aromatic N) is 7. The average Bonchev–Trinajstić information content (AvgIpc) is 3.77. The molecule has 0 unspecified atom stereocenters. The standard InChI is InChI=1S/C47H55N7O7S/c1-33-14-19-39-38(12-8-28-60-42-13-7-10-34-9-5-6-11-37(34)42)46(47(55)56)53-24-25-54(26-29-59-30-27-54)31-41-44(43(33)45(39)53)40(48-50(41)4)32-61-36-17-15-35(16-18-36)51-20-22-52(23-21-51)62(57,58)49(2)3/h5-7,9-11,13-19H,8,12,20-32H2,1-4H3/p+1. The Kier molecular flexibility index (Phi) is 11.5. The number of morpholine rings is 1. The van der Waals surface area contributed by atoms with Gasteiger partial charge in [0.1, 0.15) is 54.8 Å². The van der Waals surface area contributed by atoms with Crippen LogP contribution in [0.25, 0.3) is 32.8 Å². The third-order valence-corrected chi connectivity index (χ3v) is 15.1. The lowest BCUT2D eigenvalue weighted by Crippen LogP contribution is -2.56. The van der Waals surface area contributed by atoms with Crippen LogP contribution < -0.4 is 14.4 Å². The Morgan fingerprint density at radius 2 is 1.61 bits per heavy atom. The van der Waals surface area contributed by atoms with E-state index in [-0.39, 0.29) is 6.61 Å². The van der Waals surface area contributed by atoms with Crippen LogP contribution in [-0.4, -0.2) is 127 Å². The first-order chi connectivity index (χ1) is 29.9. The summed E-state index contributed by atoms with van der Waals surface area (Å²) in [4.78, 5) is 15.7. The number of rotatable bonds is 12. The molecule has 0 aliphatic carbocycles. The third kappa shape index (κ3) is 7.81. The number of aromatic carboxylic acids is 1. The molecule has 326 valence electrons. The van der Waals surface area contributed by atoms with Gasteiger partial charge >= 0.3 is 5.97 Å². The van der Waals surface area contributed by atoms with Gasteiger partial charge in [0.25, 0.3) is 10.2 Å². The normalized spacial score (nSPS) is 17.0. The quantitative estimate of drug-likeness (QED) is 0.115. The molecule has 3 aliphatic heterocycles. The van der Waals surface area contributed by atoms with Crippen LogP contribution in [0.15, 0.2) is 78.9 Å². The Labute approximate surface area is 363 Å². The van der Waals surface area contributed by atoms with Crippen molar-refractivity contribution in [2.75, 3.05) is 84.6 Å². The number of carboxylic acid groups (broad SMARTS) is 1. The summed E-state index contributed by atoms with van der Waals surface area (Å²) in [6, 6.07) is 26.4. The molecule has 0 atom stereocenters. The van der Waals surface area contributed by atoms with Crippen molar-refractivity contribution in [2.45, 2.75) is 39.5 Å². The highest BCUT2D eigenvalue weighted by molar-refractivity contribution is 7.86. The topological polar surface area (TPSA) is 132 Å². The van der Waals surface area contributed by atoms with E-state index in [1.54, 1.807) is 14.1 Å². The van der Waals surface area contributed by atoms with E-state index in [1.807, 2.05) is 60.3 Å². The number of anilines is 1. The van der Waals surface area contributed by atoms with E-state index in [9.17, 15) is 18.3 Å². The van der Waals surface area contributed by atoms with E-state index in [2.05, 4.69) is 46.7 Å². The summed E-state index contributed by atoms with van der Waals surface area (Å²) in [7, 11) is 1.68. The third-order valence-electron chi connectivity index (χ3n) is 13.1. The summed E-state index contributed by atoms with van der Waals surface area (Å²) in [5.41, 5.74) is 8.06. The predicted octanol–water partition coefficient (Wildman–Crippen LogP) is 6.08. The zero-order chi connectivity index (χ0) is 43.2. The molecule has 0 amide bonds. The molecule has 0 radical (unpaired) electrons. The second-order valence-electron chi connectivity index (χ2n) is 17.0. The van der Waals surface area contributed by atoms with E-state index in [4.69, 9.17) is 19.3 Å². The summed E-state index contributed by atoms with van der Waals surface area (Å²) in [6.07, 6.45) is 1.19. The molecule has 0 bridgehead atoms. The SMILES string of the molecule is Cc1ccc2c(CCCOc3cccc4ccccc34)c(C(=O)O)n3c2c1-c1c(COc2ccc(N4CCN(S(=O)(=O)N(C)C)CC4)cc2)nn(C)c1C[N+]1(CCOCC1)CC3. The molecule has 9 rings (SSSR count). The van der Waals surface area contributed by atoms with Crippen molar-refractivity contribution in [1.82, 2.24) is 23.0 Å². The highest BCUT2D eigenvalue weighted by Crippen LogP contribution is 2.43. The van der Waals surface area contributed by atoms with Gasteiger partial charge in [-0.15, -0.1) is 0 Å². The first-order valence-electron chi connectivity index (χ1n) is 21.6. The van der Waals surface area contributed by atoms with E-state index in [1.165, 1.54) is 8.61 Å². The fraction of sp³-hybridized carbons (Fsp3) is 0.404. The Hall–Kier alpha value is -5.45. The van der Waals surface area contributed by atoms with Crippen LogP contribution >= 0.6 is 0 Å². The maximum atomic E-state index is 13.5. The molecular weight excluding hydrogens is 807 g/mol. The number of hydrogen-bond donors (Lipinski definition) is 1. The van der Waals surface area contributed by atoms with Gasteiger partial charge in [0.05, 0.1) is 38.4 Å². The van der Waals surface area contributed by atoms with E-state index < -0.39 is 16.2 Å². The number of hydrogen-bond acceptors (Lipinski definition) is 8. The zero-order valence-electron chi connectivity index (χ0n) is 36.0. The fourth-order valence-electron chi connectivity index (χ4n) is 9.73. The Morgan fingerprint density at radius 1 is 0.871 bits per heavy atom. The number of aromatic nitrogens is 3. The van der Waals surface area contributed by atoms with E-state index in [0.29, 0.717) is 76.8 Å². The second kappa shape index (κ2) is 17.0. The highest BCUT2D eigenvalue weighted by atomic mass is 32.2. The molecule has 6 aromatic rings. The molecule has 15 heteroatoms. The van der Waals surface area contributed by atoms with E-state index >= 15 is 0 Å². The van der Waals surface area contributed by atoms with E-state index in [0.717, 1.165) is 97.4 Å². The number of benzene rings is 4. The van der Waals surface area contributed by atoms with Gasteiger partial charge in [0.15, 0.2) is 0 Å². The average molecular weight is 863 g/mol. The zero-order valence-corrected chi connectivity index (χ0v) is 36.9. The smallest absolute Gasteiger partial charge is 0.352 e. The monoisotopic (exact) mass is 862 g/mol. The number of carboxylic acids is 1. The largest absolute Gasteiger partial charge is 0.493 e. The van der Waals surface area contributed by atoms with Gasteiger partial charge in [0, 0.05) is 74.9 Å². The van der Waals surface area contributed by atoms with Crippen molar-refractivity contribution in [3.8, 4) is 22.6 Å². The maximum Gasteiger partial charge on any atom is 0.352 e. The lowest BCUT2D eigenvalue weighted by Gasteiger charge is -2.41. The molecule has 0 saturated carbocycles. The molecule has 2 saturated heterocycles. The van der Waals surface area contributed by atoms with Gasteiger partial charge in [-0.05, 0) is 66.6 Å². The van der Waals surface area contributed by atoms with Gasteiger partial charge in [-0.25, -0.2) is 4.79 Å². The maximum absolute atomic E-state index is 13.5. The molecular formula is C47H56N7O7S+. The summed E-state index contributed by atoms with van der Waals surface area (Å²) in [5, 5.41) is 19.3. The molecule has 2 aromatic heterocycles. The van der Waals surface area contributed by atoms with Gasteiger partial charge < -0.3 is 33.3 Å². The van der Waals surface area contributed by atoms with Gasteiger partial charge in [-0.1, -0.05) is 48.5 Å². The van der Waals surface area contributed by atoms with Crippen LogP contribution in [0.2, 0.25) is 0 Å². The van der Waals surface area contributed by atoms with Crippen LogP contribution in [0.1, 0.15) is 39.4 Å². The van der Waals surface area contributed by atoms with Crippen LogP contribution in [-0.2, 0) is 48.1 Å². The lowest BCUT2D eigenvalue weighted by atomic mass is 9.93. The molecule has 1 spiro atoms. The fourth-order valence-corrected chi connectivity index (χ4v) is 10.8. The van der Waals surface area contributed by atoms with Gasteiger partial charge in [-0.3, -0.25) is 4.68 Å². The van der Waals surface area contributed by atoms with Crippen molar-refractivity contribution >= 4 is 43.5 Å².